The minimum Gasteiger partial charge on any atom is -0.485 e. The topological polar surface area (TPSA) is 32.7 Å². The number of aryl methyl sites for hydroxylation is 1. The van der Waals surface area contributed by atoms with Crippen molar-refractivity contribution < 1.29 is 9.84 Å². The van der Waals surface area contributed by atoms with Crippen molar-refractivity contribution in [3.8, 4) is 5.75 Å². The Balaban J connectivity index is 2.03. The summed E-state index contributed by atoms with van der Waals surface area (Å²) in [7, 11) is 0. The normalized spacial score (nSPS) is 31.5. The molecule has 0 saturated carbocycles. The van der Waals surface area contributed by atoms with Gasteiger partial charge in [0.2, 0.25) is 0 Å². The van der Waals surface area contributed by atoms with Crippen molar-refractivity contribution in [1.82, 2.24) is 4.90 Å². The molecule has 1 aromatic rings. The molecule has 1 N–H and O–H groups in total. The molecule has 122 valence electrons. The van der Waals surface area contributed by atoms with Crippen LogP contribution in [0.25, 0.3) is 0 Å². The number of ether oxygens (including phenoxy) is 1. The Bertz CT molecular complexity index is 567. The third kappa shape index (κ3) is 2.44. The predicted molar refractivity (Wildman–Crippen MR) is 89.4 cm³/mol. The van der Waals surface area contributed by atoms with Gasteiger partial charge < -0.3 is 9.84 Å². The van der Waals surface area contributed by atoms with Crippen LogP contribution in [0.2, 0.25) is 0 Å². The zero-order valence-electron chi connectivity index (χ0n) is 14.5. The highest BCUT2D eigenvalue weighted by molar-refractivity contribution is 5.49. The molecule has 1 aromatic carbocycles. The van der Waals surface area contributed by atoms with E-state index in [9.17, 15) is 5.11 Å². The van der Waals surface area contributed by atoms with Crippen LogP contribution in [0.4, 0.5) is 0 Å². The molecule has 2 heterocycles. The highest BCUT2D eigenvalue weighted by atomic mass is 16.5. The van der Waals surface area contributed by atoms with Gasteiger partial charge in [-0.25, -0.2) is 0 Å². The first kappa shape index (κ1) is 15.8. The Labute approximate surface area is 134 Å². The quantitative estimate of drug-likeness (QED) is 0.857. The number of aliphatic hydroxyl groups excluding tert-OH is 1. The van der Waals surface area contributed by atoms with Gasteiger partial charge in [-0.15, -0.1) is 0 Å². The first-order valence-electron chi connectivity index (χ1n) is 8.56. The summed E-state index contributed by atoms with van der Waals surface area (Å²) < 4.78 is 6.41. The smallest absolute Gasteiger partial charge is 0.129 e. The summed E-state index contributed by atoms with van der Waals surface area (Å²) in [5.74, 6) is 0.887. The minimum atomic E-state index is -0.487. The standard InChI is InChI=1S/C19H29NO2/c1-12-9-10-15-16(21)18(20-11-7-6-8-13(20)2)19(4,5)22-17(15)14(12)3/h9-10,13,16,18,21H,6-8,11H2,1-5H3. The van der Waals surface area contributed by atoms with Crippen LogP contribution in [0, 0.1) is 13.8 Å². The largest absolute Gasteiger partial charge is 0.485 e. The van der Waals surface area contributed by atoms with E-state index in [0.29, 0.717) is 6.04 Å². The molecule has 0 radical (unpaired) electrons. The van der Waals surface area contributed by atoms with E-state index in [-0.39, 0.29) is 6.04 Å². The highest BCUT2D eigenvalue weighted by Gasteiger charge is 2.48. The van der Waals surface area contributed by atoms with Crippen molar-refractivity contribution in [2.24, 2.45) is 0 Å². The lowest BCUT2D eigenvalue weighted by molar-refractivity contribution is -0.101. The molecule has 0 aromatic heterocycles. The lowest BCUT2D eigenvalue weighted by atomic mass is 9.82. The molecule has 1 saturated heterocycles. The first-order chi connectivity index (χ1) is 10.3. The molecule has 3 rings (SSSR count). The van der Waals surface area contributed by atoms with Crippen molar-refractivity contribution >= 4 is 0 Å². The monoisotopic (exact) mass is 303 g/mol. The minimum absolute atomic E-state index is 0.0115. The molecular formula is C19H29NO2. The van der Waals surface area contributed by atoms with Crippen LogP contribution in [-0.4, -0.2) is 34.2 Å². The Morgan fingerprint density at radius 3 is 2.64 bits per heavy atom. The lowest BCUT2D eigenvalue weighted by Crippen LogP contribution is -2.61. The summed E-state index contributed by atoms with van der Waals surface area (Å²) in [5, 5.41) is 11.1. The van der Waals surface area contributed by atoms with Crippen molar-refractivity contribution in [1.29, 1.82) is 0 Å². The third-order valence-corrected chi connectivity index (χ3v) is 5.61. The van der Waals surface area contributed by atoms with Crippen LogP contribution < -0.4 is 4.74 Å². The Hall–Kier alpha value is -1.06. The second-order valence-electron chi connectivity index (χ2n) is 7.60. The number of piperidine rings is 1. The van der Waals surface area contributed by atoms with E-state index >= 15 is 0 Å². The maximum Gasteiger partial charge on any atom is 0.129 e. The van der Waals surface area contributed by atoms with E-state index in [0.717, 1.165) is 23.4 Å². The van der Waals surface area contributed by atoms with Crippen LogP contribution in [0.15, 0.2) is 12.1 Å². The summed E-state index contributed by atoms with van der Waals surface area (Å²) in [4.78, 5) is 2.46. The number of nitrogens with zero attached hydrogens (tertiary/aromatic N) is 1. The lowest BCUT2D eigenvalue weighted by Gasteiger charge is -2.51. The van der Waals surface area contributed by atoms with E-state index in [4.69, 9.17) is 4.74 Å². The fourth-order valence-electron chi connectivity index (χ4n) is 4.17. The number of benzene rings is 1. The highest BCUT2D eigenvalue weighted by Crippen LogP contribution is 2.45. The maximum absolute atomic E-state index is 11.1. The zero-order chi connectivity index (χ0) is 16.1. The predicted octanol–water partition coefficient (Wildman–Crippen LogP) is 3.75. The number of hydrogen-bond donors (Lipinski definition) is 1. The zero-order valence-corrected chi connectivity index (χ0v) is 14.5. The molecule has 0 bridgehead atoms. The Morgan fingerprint density at radius 1 is 1.23 bits per heavy atom. The van der Waals surface area contributed by atoms with Gasteiger partial charge in [0.15, 0.2) is 0 Å². The van der Waals surface area contributed by atoms with Gasteiger partial charge in [-0.05, 0) is 65.1 Å². The van der Waals surface area contributed by atoms with Crippen molar-refractivity contribution in [3.05, 3.63) is 28.8 Å². The van der Waals surface area contributed by atoms with Gasteiger partial charge in [0.1, 0.15) is 17.5 Å². The molecule has 1 fully saturated rings. The molecule has 3 nitrogen and oxygen atoms in total. The molecule has 0 spiro atoms. The van der Waals surface area contributed by atoms with Crippen LogP contribution in [0.3, 0.4) is 0 Å². The SMILES string of the molecule is Cc1ccc2c(c1C)OC(C)(C)C(N1CCCCC1C)C2O. The Morgan fingerprint density at radius 2 is 1.95 bits per heavy atom. The summed E-state index contributed by atoms with van der Waals surface area (Å²) in [6.45, 7) is 11.7. The van der Waals surface area contributed by atoms with Crippen LogP contribution >= 0.6 is 0 Å². The molecule has 22 heavy (non-hydrogen) atoms. The molecule has 0 amide bonds. The fourth-order valence-corrected chi connectivity index (χ4v) is 4.17. The number of rotatable bonds is 1. The average molecular weight is 303 g/mol. The van der Waals surface area contributed by atoms with Gasteiger partial charge in [-0.2, -0.15) is 0 Å². The van der Waals surface area contributed by atoms with E-state index in [1.165, 1.54) is 24.8 Å². The van der Waals surface area contributed by atoms with E-state index in [1.54, 1.807) is 0 Å². The summed E-state index contributed by atoms with van der Waals surface area (Å²) >= 11 is 0. The molecule has 2 aliphatic heterocycles. The van der Waals surface area contributed by atoms with Crippen LogP contribution in [-0.2, 0) is 0 Å². The molecule has 3 atom stereocenters. The van der Waals surface area contributed by atoms with Gasteiger partial charge in [0.25, 0.3) is 0 Å². The summed E-state index contributed by atoms with van der Waals surface area (Å²) in [6, 6.07) is 4.65. The fraction of sp³-hybridized carbons (Fsp3) is 0.684. The number of likely N-dealkylation sites (tertiary alicyclic amines) is 1. The van der Waals surface area contributed by atoms with Crippen molar-refractivity contribution in [2.45, 2.75) is 77.7 Å². The molecule has 3 unspecified atom stereocenters. The van der Waals surface area contributed by atoms with E-state index in [2.05, 4.69) is 45.6 Å². The van der Waals surface area contributed by atoms with Crippen LogP contribution in [0.1, 0.15) is 62.8 Å². The van der Waals surface area contributed by atoms with E-state index in [1.807, 2.05) is 6.07 Å². The molecule has 0 aliphatic carbocycles. The van der Waals surface area contributed by atoms with Crippen molar-refractivity contribution in [2.75, 3.05) is 6.54 Å². The average Bonchev–Trinajstić information content (AvgIpc) is 2.45. The number of aliphatic hydroxyl groups is 1. The third-order valence-electron chi connectivity index (χ3n) is 5.61. The van der Waals surface area contributed by atoms with Crippen molar-refractivity contribution in [3.63, 3.8) is 0 Å². The molecule has 3 heteroatoms. The second-order valence-corrected chi connectivity index (χ2v) is 7.60. The van der Waals surface area contributed by atoms with Gasteiger partial charge in [-0.3, -0.25) is 4.90 Å². The summed E-state index contributed by atoms with van der Waals surface area (Å²) in [6.07, 6.45) is 3.22. The van der Waals surface area contributed by atoms with E-state index < -0.39 is 11.7 Å². The molecular weight excluding hydrogens is 274 g/mol. The van der Waals surface area contributed by atoms with Gasteiger partial charge in [-0.1, -0.05) is 18.6 Å². The maximum atomic E-state index is 11.1. The first-order valence-corrected chi connectivity index (χ1v) is 8.56. The number of hydrogen-bond acceptors (Lipinski definition) is 3. The van der Waals surface area contributed by atoms with Gasteiger partial charge >= 0.3 is 0 Å². The Kier molecular flexibility index (Phi) is 3.98. The molecule has 2 aliphatic rings. The van der Waals surface area contributed by atoms with Gasteiger partial charge in [0.05, 0.1) is 6.04 Å². The van der Waals surface area contributed by atoms with Gasteiger partial charge in [0, 0.05) is 11.6 Å². The van der Waals surface area contributed by atoms with Crippen LogP contribution in [0.5, 0.6) is 5.75 Å². The summed E-state index contributed by atoms with van der Waals surface area (Å²) in [5.41, 5.74) is 2.92. The second kappa shape index (κ2) is 5.54. The number of fused-ring (bicyclic) bond motifs is 1.